The van der Waals surface area contributed by atoms with Gasteiger partial charge in [0.15, 0.2) is 0 Å². The lowest BCUT2D eigenvalue weighted by atomic mass is 10.1. The maximum absolute atomic E-state index is 12.7. The molecule has 3 nitrogen and oxygen atoms in total. The Labute approximate surface area is 93.5 Å². The number of fused-ring (bicyclic) bond motifs is 1. The molecule has 0 radical (unpaired) electrons. The molecule has 1 N–H and O–H groups in total. The number of rotatable bonds is 1. The second-order valence-electron chi connectivity index (χ2n) is 3.38. The van der Waals surface area contributed by atoms with Gasteiger partial charge in [-0.05, 0) is 12.1 Å². The molecule has 0 aliphatic carbocycles. The summed E-state index contributed by atoms with van der Waals surface area (Å²) in [4.78, 5) is 14.3. The Morgan fingerprint density at radius 1 is 1.24 bits per heavy atom. The molecule has 88 valence electrons. The van der Waals surface area contributed by atoms with Crippen molar-refractivity contribution in [1.82, 2.24) is 4.98 Å². The maximum Gasteiger partial charge on any atom is 0.417 e. The van der Waals surface area contributed by atoms with Crippen molar-refractivity contribution in [2.75, 3.05) is 0 Å². The minimum atomic E-state index is -4.60. The van der Waals surface area contributed by atoms with E-state index in [0.29, 0.717) is 6.07 Å². The number of carboxylic acids is 1. The Kier molecular flexibility index (Phi) is 2.49. The highest BCUT2D eigenvalue weighted by molar-refractivity contribution is 5.91. The number of aromatic nitrogens is 1. The summed E-state index contributed by atoms with van der Waals surface area (Å²) in [6.07, 6.45) is -4.60. The zero-order valence-electron chi connectivity index (χ0n) is 8.32. The molecule has 0 spiro atoms. The van der Waals surface area contributed by atoms with Crippen LogP contribution in [0.15, 0.2) is 30.3 Å². The van der Waals surface area contributed by atoms with Crippen molar-refractivity contribution in [2.24, 2.45) is 0 Å². The van der Waals surface area contributed by atoms with Gasteiger partial charge in [0.1, 0.15) is 5.69 Å². The van der Waals surface area contributed by atoms with E-state index in [1.54, 1.807) is 0 Å². The van der Waals surface area contributed by atoms with Gasteiger partial charge in [-0.25, -0.2) is 9.78 Å². The monoisotopic (exact) mass is 241 g/mol. The predicted octanol–water partition coefficient (Wildman–Crippen LogP) is 2.95. The number of aromatic carboxylic acids is 1. The van der Waals surface area contributed by atoms with Crippen LogP contribution in [-0.2, 0) is 6.18 Å². The third kappa shape index (κ3) is 2.06. The number of nitrogens with zero attached hydrogens (tertiary/aromatic N) is 1. The number of hydrogen-bond donors (Lipinski definition) is 1. The van der Waals surface area contributed by atoms with E-state index in [-0.39, 0.29) is 10.9 Å². The molecule has 0 unspecified atom stereocenters. The van der Waals surface area contributed by atoms with E-state index < -0.39 is 23.4 Å². The van der Waals surface area contributed by atoms with E-state index in [2.05, 4.69) is 4.98 Å². The lowest BCUT2D eigenvalue weighted by Gasteiger charge is -2.10. The summed E-state index contributed by atoms with van der Waals surface area (Å²) >= 11 is 0. The molecule has 1 aromatic carbocycles. The van der Waals surface area contributed by atoms with Crippen LogP contribution in [0.4, 0.5) is 13.2 Å². The number of hydrogen-bond acceptors (Lipinski definition) is 2. The van der Waals surface area contributed by atoms with Gasteiger partial charge in [-0.15, -0.1) is 0 Å². The molecule has 0 bridgehead atoms. The zero-order valence-corrected chi connectivity index (χ0v) is 8.32. The molecular weight excluding hydrogens is 235 g/mol. The van der Waals surface area contributed by atoms with Crippen molar-refractivity contribution >= 4 is 16.9 Å². The van der Waals surface area contributed by atoms with Crippen molar-refractivity contribution in [3.63, 3.8) is 0 Å². The first-order chi connectivity index (χ1) is 7.89. The van der Waals surface area contributed by atoms with Crippen molar-refractivity contribution in [3.05, 3.63) is 41.6 Å². The molecule has 0 aliphatic rings. The minimum Gasteiger partial charge on any atom is -0.477 e. The van der Waals surface area contributed by atoms with Gasteiger partial charge in [-0.1, -0.05) is 18.2 Å². The third-order valence-electron chi connectivity index (χ3n) is 2.24. The van der Waals surface area contributed by atoms with E-state index in [4.69, 9.17) is 5.11 Å². The number of carboxylic acid groups (broad SMARTS) is 1. The molecule has 2 aromatic rings. The number of carbonyl (C=O) groups is 1. The Balaban J connectivity index is 2.83. The van der Waals surface area contributed by atoms with Gasteiger partial charge in [0.2, 0.25) is 0 Å². The molecule has 1 aromatic heterocycles. The molecular formula is C11H6F3NO2. The highest BCUT2D eigenvalue weighted by atomic mass is 19.4. The molecule has 1 heterocycles. The molecule has 2 rings (SSSR count). The number of para-hydroxylation sites is 1. The van der Waals surface area contributed by atoms with Crippen molar-refractivity contribution in [2.45, 2.75) is 6.18 Å². The zero-order chi connectivity index (χ0) is 12.6. The normalized spacial score (nSPS) is 11.7. The second kappa shape index (κ2) is 3.73. The Morgan fingerprint density at radius 2 is 1.88 bits per heavy atom. The molecule has 0 saturated heterocycles. The largest absolute Gasteiger partial charge is 0.477 e. The fraction of sp³-hybridized carbons (Fsp3) is 0.0909. The van der Waals surface area contributed by atoms with E-state index in [9.17, 15) is 18.0 Å². The van der Waals surface area contributed by atoms with E-state index in [1.165, 1.54) is 24.3 Å². The van der Waals surface area contributed by atoms with Crippen LogP contribution in [0.3, 0.4) is 0 Å². The number of halogens is 3. The van der Waals surface area contributed by atoms with Crippen LogP contribution >= 0.6 is 0 Å². The molecule has 0 saturated carbocycles. The summed E-state index contributed by atoms with van der Waals surface area (Å²) < 4.78 is 38.2. The van der Waals surface area contributed by atoms with Gasteiger partial charge in [0.05, 0.1) is 11.1 Å². The van der Waals surface area contributed by atoms with E-state index in [1.807, 2.05) is 0 Å². The first-order valence-corrected chi connectivity index (χ1v) is 4.60. The Morgan fingerprint density at radius 3 is 2.47 bits per heavy atom. The molecule has 0 amide bonds. The quantitative estimate of drug-likeness (QED) is 0.835. The number of benzene rings is 1. The van der Waals surface area contributed by atoms with Gasteiger partial charge in [0, 0.05) is 5.39 Å². The summed E-state index contributed by atoms with van der Waals surface area (Å²) in [6, 6.07) is 6.10. The SMILES string of the molecule is O=C(O)c1cc(C(F)(F)F)c2ccccc2n1. The fourth-order valence-electron chi connectivity index (χ4n) is 1.52. The number of alkyl halides is 3. The van der Waals surface area contributed by atoms with Crippen LogP contribution in [0.25, 0.3) is 10.9 Å². The van der Waals surface area contributed by atoms with Gasteiger partial charge in [-0.3, -0.25) is 0 Å². The minimum absolute atomic E-state index is 0.0136. The van der Waals surface area contributed by atoms with Gasteiger partial charge < -0.3 is 5.11 Å². The third-order valence-corrected chi connectivity index (χ3v) is 2.24. The smallest absolute Gasteiger partial charge is 0.417 e. The lowest BCUT2D eigenvalue weighted by Crippen LogP contribution is -2.10. The molecule has 6 heteroatoms. The Hall–Kier alpha value is -2.11. The highest BCUT2D eigenvalue weighted by Gasteiger charge is 2.33. The molecule has 0 atom stereocenters. The fourth-order valence-corrected chi connectivity index (χ4v) is 1.52. The first kappa shape index (κ1) is 11.4. The standard InChI is InChI=1S/C11H6F3NO2/c12-11(13,14)7-5-9(10(16)17)15-8-4-2-1-3-6(7)8/h1-5H,(H,16,17). The van der Waals surface area contributed by atoms with Crippen molar-refractivity contribution in [1.29, 1.82) is 0 Å². The summed E-state index contributed by atoms with van der Waals surface area (Å²) in [5.41, 5.74) is -1.59. The summed E-state index contributed by atoms with van der Waals surface area (Å²) in [6.45, 7) is 0. The average molecular weight is 241 g/mol. The molecule has 17 heavy (non-hydrogen) atoms. The van der Waals surface area contributed by atoms with Gasteiger partial charge >= 0.3 is 12.1 Å². The summed E-state index contributed by atoms with van der Waals surface area (Å²) in [5.74, 6) is -1.48. The first-order valence-electron chi connectivity index (χ1n) is 4.60. The van der Waals surface area contributed by atoms with Crippen molar-refractivity contribution in [3.8, 4) is 0 Å². The molecule has 0 fully saturated rings. The van der Waals surface area contributed by atoms with Crippen LogP contribution < -0.4 is 0 Å². The maximum atomic E-state index is 12.7. The number of pyridine rings is 1. The highest BCUT2D eigenvalue weighted by Crippen LogP contribution is 2.34. The van der Waals surface area contributed by atoms with Crippen molar-refractivity contribution < 1.29 is 23.1 Å². The van der Waals surface area contributed by atoms with Crippen LogP contribution in [0.5, 0.6) is 0 Å². The van der Waals surface area contributed by atoms with Gasteiger partial charge in [0.25, 0.3) is 0 Å². The van der Waals surface area contributed by atoms with Crippen LogP contribution in [0.2, 0.25) is 0 Å². The topological polar surface area (TPSA) is 50.2 Å². The summed E-state index contributed by atoms with van der Waals surface area (Å²) in [5, 5.41) is 8.60. The van der Waals surface area contributed by atoms with E-state index >= 15 is 0 Å². The van der Waals surface area contributed by atoms with Crippen LogP contribution in [0, 0.1) is 0 Å². The van der Waals surface area contributed by atoms with Crippen LogP contribution in [0.1, 0.15) is 16.1 Å². The summed E-state index contributed by atoms with van der Waals surface area (Å²) in [7, 11) is 0. The van der Waals surface area contributed by atoms with Gasteiger partial charge in [-0.2, -0.15) is 13.2 Å². The van der Waals surface area contributed by atoms with Crippen LogP contribution in [-0.4, -0.2) is 16.1 Å². The Bertz CT molecular complexity index is 593. The second-order valence-corrected chi connectivity index (χ2v) is 3.38. The van der Waals surface area contributed by atoms with E-state index in [0.717, 1.165) is 0 Å². The predicted molar refractivity (Wildman–Crippen MR) is 53.7 cm³/mol. The lowest BCUT2D eigenvalue weighted by molar-refractivity contribution is -0.136. The molecule has 0 aliphatic heterocycles. The average Bonchev–Trinajstić information content (AvgIpc) is 2.26.